The van der Waals surface area contributed by atoms with Crippen LogP contribution < -0.4 is 9.46 Å². The molecule has 1 atom stereocenters. The number of nitrogens with one attached hydrogen (secondary N) is 1. The Morgan fingerprint density at radius 1 is 1.21 bits per heavy atom. The van der Waals surface area contributed by atoms with E-state index in [2.05, 4.69) is 9.62 Å². The first-order valence-electron chi connectivity index (χ1n) is 9.11. The summed E-state index contributed by atoms with van der Waals surface area (Å²) in [5.74, 6) is 0.669. The Morgan fingerprint density at radius 2 is 1.93 bits per heavy atom. The third kappa shape index (κ3) is 5.10. The molecule has 1 fully saturated rings. The number of hydrogen-bond donors (Lipinski definition) is 1. The third-order valence-corrected chi connectivity index (χ3v) is 6.25. The van der Waals surface area contributed by atoms with Crippen molar-refractivity contribution >= 4 is 15.7 Å². The van der Waals surface area contributed by atoms with Crippen LogP contribution in [-0.4, -0.2) is 58.2 Å². The molecule has 1 N–H and O–H groups in total. The number of morpholine rings is 1. The molecule has 0 unspecified atom stereocenters. The molecule has 0 spiro atoms. The molecule has 1 saturated heterocycles. The van der Waals surface area contributed by atoms with Gasteiger partial charge in [-0.25, -0.2) is 13.1 Å². The van der Waals surface area contributed by atoms with E-state index in [0.29, 0.717) is 32.1 Å². The lowest BCUT2D eigenvalue weighted by Crippen LogP contribution is -2.43. The van der Waals surface area contributed by atoms with Gasteiger partial charge in [-0.2, -0.15) is 0 Å². The fraction of sp³-hybridized carbons (Fsp3) is 0.368. The first kappa shape index (κ1) is 21.2. The van der Waals surface area contributed by atoms with Gasteiger partial charge in [-0.15, -0.1) is 0 Å². The first-order chi connectivity index (χ1) is 13.9. The van der Waals surface area contributed by atoms with Crippen molar-refractivity contribution in [1.82, 2.24) is 9.62 Å². The van der Waals surface area contributed by atoms with Gasteiger partial charge in [0.15, 0.2) is 4.90 Å². The van der Waals surface area contributed by atoms with Crippen LogP contribution in [0.3, 0.4) is 0 Å². The van der Waals surface area contributed by atoms with Crippen molar-refractivity contribution in [1.29, 1.82) is 0 Å². The molecule has 2 aromatic rings. The van der Waals surface area contributed by atoms with Gasteiger partial charge in [0.05, 0.1) is 25.2 Å². The summed E-state index contributed by atoms with van der Waals surface area (Å²) < 4.78 is 38.9. The molecule has 1 heterocycles. The Bertz CT molecular complexity index is 960. The monoisotopic (exact) mass is 421 g/mol. The summed E-state index contributed by atoms with van der Waals surface area (Å²) >= 11 is 0. The van der Waals surface area contributed by atoms with Gasteiger partial charge in [-0.05, 0) is 23.8 Å². The molecule has 10 heteroatoms. The average Bonchev–Trinajstić information content (AvgIpc) is 2.74. The first-order valence-corrected chi connectivity index (χ1v) is 10.6. The van der Waals surface area contributed by atoms with E-state index < -0.39 is 20.6 Å². The number of rotatable bonds is 8. The minimum absolute atomic E-state index is 0.0571. The van der Waals surface area contributed by atoms with Gasteiger partial charge in [0.25, 0.3) is 5.69 Å². The summed E-state index contributed by atoms with van der Waals surface area (Å²) in [6.45, 7) is 2.46. The van der Waals surface area contributed by atoms with E-state index in [1.54, 1.807) is 7.11 Å². The zero-order valence-electron chi connectivity index (χ0n) is 16.0. The van der Waals surface area contributed by atoms with Crippen molar-refractivity contribution in [3.63, 3.8) is 0 Å². The minimum atomic E-state index is -4.07. The van der Waals surface area contributed by atoms with Crippen molar-refractivity contribution in [2.75, 3.05) is 40.0 Å². The highest BCUT2D eigenvalue weighted by Crippen LogP contribution is 2.27. The highest BCUT2D eigenvalue weighted by Gasteiger charge is 2.28. The molecule has 0 radical (unpaired) electrons. The molecular formula is C19H23N3O6S. The van der Waals surface area contributed by atoms with Gasteiger partial charge in [-0.1, -0.05) is 24.3 Å². The van der Waals surface area contributed by atoms with Crippen LogP contribution in [-0.2, 0) is 14.8 Å². The molecule has 0 amide bonds. The maximum Gasteiger partial charge on any atom is 0.289 e. The number of nitro benzene ring substituents is 1. The SMILES string of the molecule is COc1cccc([C@@H](CNS(=O)(=O)c2ccccc2[N+](=O)[O-])N2CCOCC2)c1. The van der Waals surface area contributed by atoms with Crippen LogP contribution in [0.5, 0.6) is 5.75 Å². The zero-order valence-corrected chi connectivity index (χ0v) is 16.8. The normalized spacial score (nSPS) is 16.3. The van der Waals surface area contributed by atoms with Gasteiger partial charge in [0.1, 0.15) is 5.75 Å². The molecule has 156 valence electrons. The van der Waals surface area contributed by atoms with Gasteiger partial charge >= 0.3 is 0 Å². The molecule has 0 bridgehead atoms. The average molecular weight is 421 g/mol. The molecule has 2 aromatic carbocycles. The molecule has 3 rings (SSSR count). The van der Waals surface area contributed by atoms with Gasteiger partial charge in [0.2, 0.25) is 10.0 Å². The van der Waals surface area contributed by atoms with Crippen molar-refractivity contribution in [3.8, 4) is 5.75 Å². The number of para-hydroxylation sites is 1. The Labute approximate surface area is 169 Å². The quantitative estimate of drug-likeness (QED) is 0.512. The second-order valence-corrected chi connectivity index (χ2v) is 8.25. The second-order valence-electron chi connectivity index (χ2n) is 6.52. The topological polar surface area (TPSA) is 111 Å². The molecule has 0 aliphatic carbocycles. The Hall–Kier alpha value is -2.53. The Morgan fingerprint density at radius 3 is 2.62 bits per heavy atom. The van der Waals surface area contributed by atoms with Crippen LogP contribution in [0.25, 0.3) is 0 Å². The minimum Gasteiger partial charge on any atom is -0.497 e. The van der Waals surface area contributed by atoms with Gasteiger partial charge in [-0.3, -0.25) is 15.0 Å². The second kappa shape index (κ2) is 9.31. The molecule has 9 nitrogen and oxygen atoms in total. The van der Waals surface area contributed by atoms with Gasteiger partial charge in [0, 0.05) is 31.7 Å². The van der Waals surface area contributed by atoms with Crippen molar-refractivity contribution < 1.29 is 22.8 Å². The number of benzene rings is 2. The van der Waals surface area contributed by atoms with E-state index in [-0.39, 0.29) is 17.5 Å². The summed E-state index contributed by atoms with van der Waals surface area (Å²) in [4.78, 5) is 12.3. The molecule has 0 aromatic heterocycles. The Balaban J connectivity index is 1.87. The van der Waals surface area contributed by atoms with Crippen LogP contribution >= 0.6 is 0 Å². The maximum atomic E-state index is 12.8. The smallest absolute Gasteiger partial charge is 0.289 e. The van der Waals surface area contributed by atoms with Gasteiger partial charge < -0.3 is 9.47 Å². The van der Waals surface area contributed by atoms with Crippen molar-refractivity contribution in [2.24, 2.45) is 0 Å². The highest BCUT2D eigenvalue weighted by atomic mass is 32.2. The lowest BCUT2D eigenvalue weighted by Gasteiger charge is -2.35. The van der Waals surface area contributed by atoms with Crippen molar-refractivity contribution in [3.05, 3.63) is 64.2 Å². The van der Waals surface area contributed by atoms with E-state index in [1.807, 2.05) is 24.3 Å². The lowest BCUT2D eigenvalue weighted by molar-refractivity contribution is -0.387. The summed E-state index contributed by atoms with van der Waals surface area (Å²) in [5.41, 5.74) is 0.431. The lowest BCUT2D eigenvalue weighted by atomic mass is 10.0. The van der Waals surface area contributed by atoms with Crippen molar-refractivity contribution in [2.45, 2.75) is 10.9 Å². The number of hydrogen-bond acceptors (Lipinski definition) is 7. The predicted octanol–water partition coefficient (Wildman–Crippen LogP) is 1.96. The number of nitrogens with zero attached hydrogens (tertiary/aromatic N) is 2. The van der Waals surface area contributed by atoms with Crippen LogP contribution in [0, 0.1) is 10.1 Å². The Kier molecular flexibility index (Phi) is 6.80. The van der Waals surface area contributed by atoms with Crippen LogP contribution in [0.15, 0.2) is 53.4 Å². The highest BCUT2D eigenvalue weighted by molar-refractivity contribution is 7.89. The third-order valence-electron chi connectivity index (χ3n) is 4.78. The fourth-order valence-corrected chi connectivity index (χ4v) is 4.51. The molecule has 29 heavy (non-hydrogen) atoms. The summed E-state index contributed by atoms with van der Waals surface area (Å²) in [6.07, 6.45) is 0. The van der Waals surface area contributed by atoms with Crippen LogP contribution in [0.1, 0.15) is 11.6 Å². The number of nitro groups is 1. The van der Waals surface area contributed by atoms with Crippen LogP contribution in [0.4, 0.5) is 5.69 Å². The number of ether oxygens (including phenoxy) is 2. The van der Waals surface area contributed by atoms with E-state index in [9.17, 15) is 18.5 Å². The zero-order chi connectivity index (χ0) is 20.9. The van der Waals surface area contributed by atoms with E-state index in [0.717, 1.165) is 5.56 Å². The predicted molar refractivity (Wildman–Crippen MR) is 106 cm³/mol. The fourth-order valence-electron chi connectivity index (χ4n) is 3.30. The maximum absolute atomic E-state index is 12.8. The standard InChI is InChI=1S/C19H23N3O6S/c1-27-16-6-4-5-15(13-16)18(21-9-11-28-12-10-21)14-20-29(25,26)19-8-3-2-7-17(19)22(23)24/h2-8,13,18,20H,9-12,14H2,1H3/t18-/m1/s1. The number of methoxy groups -OCH3 is 1. The summed E-state index contributed by atoms with van der Waals surface area (Å²) in [7, 11) is -2.50. The molecule has 0 saturated carbocycles. The molecule has 1 aliphatic heterocycles. The molecule has 1 aliphatic rings. The summed E-state index contributed by atoms with van der Waals surface area (Å²) in [6, 6.07) is 12.5. The number of sulfonamides is 1. The van der Waals surface area contributed by atoms with E-state index in [1.165, 1.54) is 24.3 Å². The van der Waals surface area contributed by atoms with E-state index in [4.69, 9.17) is 9.47 Å². The van der Waals surface area contributed by atoms with Crippen LogP contribution in [0.2, 0.25) is 0 Å². The van der Waals surface area contributed by atoms with E-state index >= 15 is 0 Å². The molecular weight excluding hydrogens is 398 g/mol. The summed E-state index contributed by atoms with van der Waals surface area (Å²) in [5, 5.41) is 11.2. The largest absolute Gasteiger partial charge is 0.497 e.